The first-order valence-electron chi connectivity index (χ1n) is 22.0. The Labute approximate surface area is 356 Å². The molecule has 3 nitrogen and oxygen atoms in total. The summed E-state index contributed by atoms with van der Waals surface area (Å²) < 4.78 is 13.2. The molecule has 7 aromatic rings. The zero-order valence-corrected chi connectivity index (χ0v) is 36.4. The van der Waals surface area contributed by atoms with Gasteiger partial charge in [-0.2, -0.15) is 0 Å². The SMILES string of the molecule is CCCCC(CC)COc1ccc(N2c3ccc(C)cc3Oc3cc(-c4ccc5c(c4)C4(c6cc(C)ccc6-5)c5cc(C)c(C)cc5-c5cc(C)c(C)cc54)ccc32)cc1. The molecule has 0 saturated carbocycles. The van der Waals surface area contributed by atoms with E-state index in [1.807, 2.05) is 0 Å². The third-order valence-corrected chi connectivity index (χ3v) is 13.9. The molecule has 1 aliphatic heterocycles. The number of hydrogen-bond acceptors (Lipinski definition) is 3. The average Bonchev–Trinajstić information content (AvgIpc) is 3.67. The predicted molar refractivity (Wildman–Crippen MR) is 250 cm³/mol. The molecule has 0 bridgehead atoms. The van der Waals surface area contributed by atoms with Gasteiger partial charge in [0.25, 0.3) is 0 Å². The molecule has 10 rings (SSSR count). The summed E-state index contributed by atoms with van der Waals surface area (Å²) >= 11 is 0. The summed E-state index contributed by atoms with van der Waals surface area (Å²) in [6, 6.07) is 45.9. The molecule has 7 aromatic carbocycles. The number of benzene rings is 7. The standard InChI is InChI=1S/C57H55NO2/c1-9-11-12-40(10-2)33-59-44-19-17-43(18-20-44)58-53-23-14-35(4)26-55(53)60-56-32-42(16-24-54(56)58)41-15-22-46-45-21-13-34(3)25-49(45)57(52(46)31-41)50-29-38(7)36(5)27-47(50)48-28-37(6)39(8)30-51(48)57/h13-32,40H,9-12,33H2,1-8H3. The fraction of sp³-hybridized carbons (Fsp3) is 0.263. The van der Waals surface area contributed by atoms with Gasteiger partial charge >= 0.3 is 0 Å². The van der Waals surface area contributed by atoms with Gasteiger partial charge in [0.05, 0.1) is 23.4 Å². The lowest BCUT2D eigenvalue weighted by Crippen LogP contribution is -2.26. The molecule has 0 amide bonds. The van der Waals surface area contributed by atoms with Crippen LogP contribution in [0.25, 0.3) is 33.4 Å². The molecule has 3 aliphatic rings. The number of anilines is 3. The highest BCUT2D eigenvalue weighted by Crippen LogP contribution is 2.64. The van der Waals surface area contributed by atoms with Crippen LogP contribution in [0, 0.1) is 47.5 Å². The lowest BCUT2D eigenvalue weighted by atomic mass is 9.69. The van der Waals surface area contributed by atoms with E-state index in [2.05, 4.69) is 182 Å². The van der Waals surface area contributed by atoms with Crippen LogP contribution in [0.4, 0.5) is 17.1 Å². The van der Waals surface area contributed by atoms with E-state index in [9.17, 15) is 0 Å². The van der Waals surface area contributed by atoms with Crippen molar-refractivity contribution in [2.45, 2.75) is 86.5 Å². The van der Waals surface area contributed by atoms with Crippen LogP contribution in [-0.2, 0) is 5.41 Å². The molecule has 0 N–H and O–H groups in total. The van der Waals surface area contributed by atoms with Crippen molar-refractivity contribution in [3.63, 3.8) is 0 Å². The van der Waals surface area contributed by atoms with Crippen molar-refractivity contribution < 1.29 is 9.47 Å². The smallest absolute Gasteiger partial charge is 0.152 e. The molecule has 3 heteroatoms. The molecule has 2 aliphatic carbocycles. The van der Waals surface area contributed by atoms with Crippen molar-refractivity contribution in [3.05, 3.63) is 177 Å². The molecule has 0 fully saturated rings. The lowest BCUT2D eigenvalue weighted by Gasteiger charge is -2.33. The maximum atomic E-state index is 6.83. The molecule has 1 heterocycles. The first kappa shape index (κ1) is 38.2. The van der Waals surface area contributed by atoms with Gasteiger partial charge in [0.15, 0.2) is 11.5 Å². The summed E-state index contributed by atoms with van der Waals surface area (Å²) in [6.07, 6.45) is 4.83. The van der Waals surface area contributed by atoms with Crippen LogP contribution in [0.5, 0.6) is 17.2 Å². The summed E-state index contributed by atoms with van der Waals surface area (Å²) in [4.78, 5) is 2.33. The van der Waals surface area contributed by atoms with E-state index in [0.717, 1.165) is 58.5 Å². The highest BCUT2D eigenvalue weighted by Gasteiger charge is 2.52. The minimum Gasteiger partial charge on any atom is -0.493 e. The maximum Gasteiger partial charge on any atom is 0.152 e. The largest absolute Gasteiger partial charge is 0.493 e. The van der Waals surface area contributed by atoms with Gasteiger partial charge < -0.3 is 14.4 Å². The van der Waals surface area contributed by atoms with Crippen molar-refractivity contribution in [1.29, 1.82) is 0 Å². The molecule has 0 radical (unpaired) electrons. The minimum absolute atomic E-state index is 0.422. The average molecular weight is 786 g/mol. The highest BCUT2D eigenvalue weighted by atomic mass is 16.5. The number of fused-ring (bicyclic) bond motifs is 12. The molecular formula is C57H55NO2. The van der Waals surface area contributed by atoms with Crippen LogP contribution < -0.4 is 14.4 Å². The first-order valence-corrected chi connectivity index (χ1v) is 22.0. The number of ether oxygens (including phenoxy) is 2. The Bertz CT molecular complexity index is 2790. The highest BCUT2D eigenvalue weighted by molar-refractivity contribution is 5.97. The Morgan fingerprint density at radius 2 is 1.07 bits per heavy atom. The molecule has 0 saturated heterocycles. The van der Waals surface area contributed by atoms with Gasteiger partial charge in [-0.05, 0) is 192 Å². The quantitative estimate of drug-likeness (QED) is 0.145. The van der Waals surface area contributed by atoms with Gasteiger partial charge in [0, 0.05) is 5.69 Å². The van der Waals surface area contributed by atoms with Crippen LogP contribution >= 0.6 is 0 Å². The molecule has 60 heavy (non-hydrogen) atoms. The number of hydrogen-bond donors (Lipinski definition) is 0. The van der Waals surface area contributed by atoms with Crippen LogP contribution in [0.2, 0.25) is 0 Å². The van der Waals surface area contributed by atoms with E-state index < -0.39 is 5.41 Å². The normalized spacial score (nSPS) is 14.2. The van der Waals surface area contributed by atoms with Crippen molar-refractivity contribution >= 4 is 17.1 Å². The zero-order chi connectivity index (χ0) is 41.4. The van der Waals surface area contributed by atoms with Gasteiger partial charge in [-0.25, -0.2) is 0 Å². The third-order valence-electron chi connectivity index (χ3n) is 13.9. The molecule has 300 valence electrons. The van der Waals surface area contributed by atoms with Gasteiger partial charge in [-0.3, -0.25) is 0 Å². The van der Waals surface area contributed by atoms with Crippen molar-refractivity contribution in [2.75, 3.05) is 11.5 Å². The van der Waals surface area contributed by atoms with E-state index in [0.29, 0.717) is 5.92 Å². The van der Waals surface area contributed by atoms with Gasteiger partial charge in [-0.15, -0.1) is 0 Å². The second-order valence-electron chi connectivity index (χ2n) is 17.8. The van der Waals surface area contributed by atoms with E-state index in [1.165, 1.54) is 97.2 Å². The first-order chi connectivity index (χ1) is 29.1. The van der Waals surface area contributed by atoms with E-state index in [4.69, 9.17) is 9.47 Å². The fourth-order valence-electron chi connectivity index (χ4n) is 10.2. The van der Waals surface area contributed by atoms with Crippen LogP contribution in [0.3, 0.4) is 0 Å². The number of unbranched alkanes of at least 4 members (excludes halogenated alkanes) is 1. The topological polar surface area (TPSA) is 21.7 Å². The third kappa shape index (κ3) is 5.92. The molecule has 1 spiro atoms. The number of rotatable bonds is 9. The van der Waals surface area contributed by atoms with Gasteiger partial charge in [-0.1, -0.05) is 105 Å². The minimum atomic E-state index is -0.422. The van der Waals surface area contributed by atoms with Crippen molar-refractivity contribution in [3.8, 4) is 50.6 Å². The fourth-order valence-corrected chi connectivity index (χ4v) is 10.2. The summed E-state index contributed by atoms with van der Waals surface area (Å²) in [5, 5.41) is 0. The van der Waals surface area contributed by atoms with E-state index >= 15 is 0 Å². The van der Waals surface area contributed by atoms with Crippen molar-refractivity contribution in [1.82, 2.24) is 0 Å². The number of nitrogens with zero attached hydrogens (tertiary/aromatic N) is 1. The second-order valence-corrected chi connectivity index (χ2v) is 17.8. The summed E-state index contributed by atoms with van der Waals surface area (Å²) in [7, 11) is 0. The molecule has 0 aromatic heterocycles. The van der Waals surface area contributed by atoms with E-state index in [-0.39, 0.29) is 0 Å². The Kier molecular flexibility index (Phi) is 9.28. The van der Waals surface area contributed by atoms with Gasteiger partial charge in [0.1, 0.15) is 5.75 Å². The second kappa shape index (κ2) is 14.6. The predicted octanol–water partition coefficient (Wildman–Crippen LogP) is 15.7. The summed E-state index contributed by atoms with van der Waals surface area (Å²) in [6.45, 7) is 18.7. The monoisotopic (exact) mass is 785 g/mol. The summed E-state index contributed by atoms with van der Waals surface area (Å²) in [5.74, 6) is 3.20. The van der Waals surface area contributed by atoms with Gasteiger partial charge in [0.2, 0.25) is 0 Å². The van der Waals surface area contributed by atoms with Crippen molar-refractivity contribution in [2.24, 2.45) is 5.92 Å². The van der Waals surface area contributed by atoms with Crippen LogP contribution in [0.15, 0.2) is 121 Å². The van der Waals surface area contributed by atoms with Crippen LogP contribution in [-0.4, -0.2) is 6.61 Å². The number of aryl methyl sites for hydroxylation is 6. The van der Waals surface area contributed by atoms with E-state index in [1.54, 1.807) is 0 Å². The molecule has 1 unspecified atom stereocenters. The maximum absolute atomic E-state index is 6.83. The Hall–Kier alpha value is -6.06. The van der Waals surface area contributed by atoms with Crippen LogP contribution in [0.1, 0.15) is 95.2 Å². The Morgan fingerprint density at radius 3 is 1.73 bits per heavy atom. The Morgan fingerprint density at radius 1 is 0.533 bits per heavy atom. The molecular weight excluding hydrogens is 731 g/mol. The summed E-state index contributed by atoms with van der Waals surface area (Å²) in [5.41, 5.74) is 23.7. The zero-order valence-electron chi connectivity index (χ0n) is 36.4. The Balaban J connectivity index is 1.08. The molecule has 1 atom stereocenters. The lowest BCUT2D eigenvalue weighted by molar-refractivity contribution is 0.233.